The second-order valence-electron chi connectivity index (χ2n) is 4.74. The Labute approximate surface area is 131 Å². The highest BCUT2D eigenvalue weighted by atomic mass is 35.5. The van der Waals surface area contributed by atoms with Gasteiger partial charge in [-0.25, -0.2) is 9.59 Å². The van der Waals surface area contributed by atoms with Crippen molar-refractivity contribution in [3.8, 4) is 0 Å². The Morgan fingerprint density at radius 1 is 1.14 bits per heavy atom. The van der Waals surface area contributed by atoms with Crippen molar-refractivity contribution in [2.24, 2.45) is 0 Å². The van der Waals surface area contributed by atoms with Gasteiger partial charge in [0, 0.05) is 41.8 Å². The molecule has 0 aliphatic carbocycles. The van der Waals surface area contributed by atoms with Gasteiger partial charge in [-0.15, -0.1) is 0 Å². The zero-order valence-electron chi connectivity index (χ0n) is 11.0. The summed E-state index contributed by atoms with van der Waals surface area (Å²) in [4.78, 5) is 23.4. The highest BCUT2D eigenvalue weighted by Crippen LogP contribution is 2.24. The van der Waals surface area contributed by atoms with Crippen LogP contribution in [0, 0.1) is 0 Å². The summed E-state index contributed by atoms with van der Waals surface area (Å²) >= 11 is 11.7. The van der Waals surface area contributed by atoms with Crippen molar-refractivity contribution in [2.45, 2.75) is 18.4 Å². The van der Waals surface area contributed by atoms with Crippen LogP contribution in [0.15, 0.2) is 18.2 Å². The number of ether oxygens (including phenoxy) is 1. The fraction of sp³-hybridized carbons (Fsp3) is 0.385. The Morgan fingerprint density at radius 3 is 2.24 bits per heavy atom. The number of hydrogen-bond acceptors (Lipinski definition) is 3. The second kappa shape index (κ2) is 6.51. The van der Waals surface area contributed by atoms with E-state index in [4.69, 9.17) is 27.9 Å². The Bertz CT molecular complexity index is 539. The van der Waals surface area contributed by atoms with Crippen LogP contribution in [-0.2, 0) is 9.53 Å². The summed E-state index contributed by atoms with van der Waals surface area (Å²) in [6.07, 6.45) is 0.429. The quantitative estimate of drug-likeness (QED) is 0.794. The summed E-state index contributed by atoms with van der Waals surface area (Å²) in [7, 11) is 0. The van der Waals surface area contributed by atoms with Gasteiger partial charge >= 0.3 is 12.0 Å². The van der Waals surface area contributed by atoms with Crippen molar-refractivity contribution in [3.05, 3.63) is 28.2 Å². The third-order valence-corrected chi connectivity index (χ3v) is 3.67. The molecule has 2 amide bonds. The van der Waals surface area contributed by atoms with E-state index in [2.05, 4.69) is 10.6 Å². The van der Waals surface area contributed by atoms with Gasteiger partial charge in [0.1, 0.15) is 5.54 Å². The third kappa shape index (κ3) is 4.00. The van der Waals surface area contributed by atoms with Crippen LogP contribution < -0.4 is 10.6 Å². The molecule has 0 bridgehead atoms. The molecule has 21 heavy (non-hydrogen) atoms. The zero-order valence-corrected chi connectivity index (χ0v) is 12.5. The molecule has 114 valence electrons. The van der Waals surface area contributed by atoms with Gasteiger partial charge in [0.15, 0.2) is 0 Å². The summed E-state index contributed by atoms with van der Waals surface area (Å²) < 4.78 is 5.14. The van der Waals surface area contributed by atoms with Crippen LogP contribution in [0.3, 0.4) is 0 Å². The molecular formula is C13H14Cl2N2O4. The first-order chi connectivity index (χ1) is 9.91. The summed E-state index contributed by atoms with van der Waals surface area (Å²) in [5, 5.41) is 15.1. The van der Waals surface area contributed by atoms with Crippen LogP contribution in [0.2, 0.25) is 10.0 Å². The average Bonchev–Trinajstić information content (AvgIpc) is 2.37. The number of carbonyl (C=O) groups is 2. The number of anilines is 1. The molecule has 1 saturated heterocycles. The number of nitrogens with one attached hydrogen (secondary N) is 2. The molecular weight excluding hydrogens is 319 g/mol. The fourth-order valence-corrected chi connectivity index (χ4v) is 2.64. The first-order valence-corrected chi connectivity index (χ1v) is 7.03. The maximum atomic E-state index is 12.0. The van der Waals surface area contributed by atoms with Crippen LogP contribution in [0.1, 0.15) is 12.8 Å². The Kier molecular flexibility index (Phi) is 4.92. The lowest BCUT2D eigenvalue weighted by atomic mass is 9.90. The molecule has 2 rings (SSSR count). The molecule has 3 N–H and O–H groups in total. The molecule has 1 aliphatic heterocycles. The zero-order chi connectivity index (χ0) is 15.5. The van der Waals surface area contributed by atoms with Gasteiger partial charge in [-0.1, -0.05) is 23.2 Å². The van der Waals surface area contributed by atoms with E-state index in [0.717, 1.165) is 0 Å². The molecule has 1 aromatic carbocycles. The molecule has 1 heterocycles. The number of carbonyl (C=O) groups excluding carboxylic acids is 1. The lowest BCUT2D eigenvalue weighted by Gasteiger charge is -2.33. The van der Waals surface area contributed by atoms with Crippen LogP contribution in [0.4, 0.5) is 10.5 Å². The van der Waals surface area contributed by atoms with Crippen LogP contribution >= 0.6 is 23.2 Å². The van der Waals surface area contributed by atoms with Gasteiger partial charge in [0.2, 0.25) is 0 Å². The number of carboxylic acid groups (broad SMARTS) is 1. The molecule has 0 spiro atoms. The van der Waals surface area contributed by atoms with Crippen molar-refractivity contribution in [2.75, 3.05) is 18.5 Å². The number of urea groups is 1. The molecule has 8 heteroatoms. The highest BCUT2D eigenvalue weighted by molar-refractivity contribution is 6.35. The largest absolute Gasteiger partial charge is 0.480 e. The minimum atomic E-state index is -1.31. The third-order valence-electron chi connectivity index (χ3n) is 3.23. The standard InChI is InChI=1S/C13H14Cl2N2O4/c14-8-5-9(15)7-10(6-8)16-12(20)17-13(11(18)19)1-3-21-4-2-13/h5-7H,1-4H2,(H,18,19)(H2,16,17,20). The summed E-state index contributed by atoms with van der Waals surface area (Å²) in [5.41, 5.74) is -0.928. The lowest BCUT2D eigenvalue weighted by Crippen LogP contribution is -2.58. The number of halogens is 2. The molecule has 6 nitrogen and oxygen atoms in total. The minimum absolute atomic E-state index is 0.214. The number of amides is 2. The van der Waals surface area contributed by atoms with Gasteiger partial charge in [0.25, 0.3) is 0 Å². The summed E-state index contributed by atoms with van der Waals surface area (Å²) in [6.45, 7) is 0.575. The number of aliphatic carboxylic acids is 1. The predicted octanol–water partition coefficient (Wildman–Crippen LogP) is 2.75. The first kappa shape index (κ1) is 15.9. The van der Waals surface area contributed by atoms with Crippen molar-refractivity contribution in [3.63, 3.8) is 0 Å². The minimum Gasteiger partial charge on any atom is -0.480 e. The van der Waals surface area contributed by atoms with E-state index in [1.165, 1.54) is 18.2 Å². The number of rotatable bonds is 3. The fourth-order valence-electron chi connectivity index (χ4n) is 2.12. The molecule has 1 aromatic rings. The predicted molar refractivity (Wildman–Crippen MR) is 79.0 cm³/mol. The topological polar surface area (TPSA) is 87.7 Å². The van der Waals surface area contributed by atoms with Crippen LogP contribution in [0.5, 0.6) is 0 Å². The van der Waals surface area contributed by atoms with E-state index < -0.39 is 17.5 Å². The van der Waals surface area contributed by atoms with Gasteiger partial charge in [0.05, 0.1) is 0 Å². The highest BCUT2D eigenvalue weighted by Gasteiger charge is 2.41. The number of carboxylic acids is 1. The SMILES string of the molecule is O=C(Nc1cc(Cl)cc(Cl)c1)NC1(C(=O)O)CCOCC1. The molecule has 1 aliphatic rings. The Balaban J connectivity index is 2.07. The van der Waals surface area contributed by atoms with E-state index in [0.29, 0.717) is 15.7 Å². The first-order valence-electron chi connectivity index (χ1n) is 6.28. The van der Waals surface area contributed by atoms with E-state index in [-0.39, 0.29) is 26.1 Å². The van der Waals surface area contributed by atoms with Gasteiger partial charge in [-0.3, -0.25) is 0 Å². The van der Waals surface area contributed by atoms with Gasteiger partial charge in [-0.05, 0) is 18.2 Å². The van der Waals surface area contributed by atoms with Crippen LogP contribution in [-0.4, -0.2) is 35.9 Å². The van der Waals surface area contributed by atoms with E-state index in [1.807, 2.05) is 0 Å². The molecule has 0 aromatic heterocycles. The van der Waals surface area contributed by atoms with Crippen molar-refractivity contribution in [1.29, 1.82) is 0 Å². The van der Waals surface area contributed by atoms with Crippen LogP contribution in [0.25, 0.3) is 0 Å². The molecule has 0 radical (unpaired) electrons. The maximum Gasteiger partial charge on any atom is 0.329 e. The maximum absolute atomic E-state index is 12.0. The Hall–Kier alpha value is -1.50. The average molecular weight is 333 g/mol. The van der Waals surface area contributed by atoms with E-state index in [9.17, 15) is 14.7 Å². The normalized spacial score (nSPS) is 17.0. The van der Waals surface area contributed by atoms with Crippen molar-refractivity contribution >= 4 is 40.9 Å². The lowest BCUT2D eigenvalue weighted by molar-refractivity contribution is -0.148. The van der Waals surface area contributed by atoms with Crippen molar-refractivity contribution in [1.82, 2.24) is 5.32 Å². The number of hydrogen-bond donors (Lipinski definition) is 3. The Morgan fingerprint density at radius 2 is 1.71 bits per heavy atom. The monoisotopic (exact) mass is 332 g/mol. The van der Waals surface area contributed by atoms with E-state index >= 15 is 0 Å². The van der Waals surface area contributed by atoms with E-state index in [1.54, 1.807) is 0 Å². The second-order valence-corrected chi connectivity index (χ2v) is 5.61. The van der Waals surface area contributed by atoms with Gasteiger partial charge < -0.3 is 20.5 Å². The molecule has 0 saturated carbocycles. The molecule has 0 atom stereocenters. The number of benzene rings is 1. The van der Waals surface area contributed by atoms with Gasteiger partial charge in [-0.2, -0.15) is 0 Å². The molecule has 1 fully saturated rings. The van der Waals surface area contributed by atoms with Crippen molar-refractivity contribution < 1.29 is 19.4 Å². The smallest absolute Gasteiger partial charge is 0.329 e. The summed E-state index contributed by atoms with van der Waals surface area (Å²) in [5.74, 6) is -1.08. The summed E-state index contributed by atoms with van der Waals surface area (Å²) in [6, 6.07) is 3.94. The molecule has 0 unspecified atom stereocenters.